The van der Waals surface area contributed by atoms with Crippen molar-refractivity contribution >= 4 is 0 Å². The Balaban J connectivity index is 2.29. The maximum absolute atomic E-state index is 5.84. The van der Waals surface area contributed by atoms with E-state index in [1.54, 1.807) is 0 Å². The van der Waals surface area contributed by atoms with Gasteiger partial charge in [0.15, 0.2) is 5.79 Å². The molecule has 0 bridgehead atoms. The standard InChI is InChI=1S/C17H34O7/c1-3-4-5-18-12-14-23-17(2)16-22-11-10-20-7-6-19-8-9-21-13-15-24-17/h3-16H2,1-2H3. The lowest BCUT2D eigenvalue weighted by atomic mass is 10.3. The van der Waals surface area contributed by atoms with Crippen LogP contribution in [0.1, 0.15) is 26.7 Å². The summed E-state index contributed by atoms with van der Waals surface area (Å²) >= 11 is 0. The third-order valence-corrected chi connectivity index (χ3v) is 3.39. The molecule has 0 amide bonds. The Morgan fingerprint density at radius 2 is 1.33 bits per heavy atom. The van der Waals surface area contributed by atoms with E-state index < -0.39 is 5.79 Å². The van der Waals surface area contributed by atoms with Gasteiger partial charge in [-0.15, -0.1) is 0 Å². The number of unbranched alkanes of at least 4 members (excludes halogenated alkanes) is 1. The quantitative estimate of drug-likeness (QED) is 0.647. The third kappa shape index (κ3) is 12.1. The van der Waals surface area contributed by atoms with Crippen molar-refractivity contribution in [3.63, 3.8) is 0 Å². The number of ether oxygens (including phenoxy) is 7. The maximum Gasteiger partial charge on any atom is 0.189 e. The number of rotatable bonds is 7. The van der Waals surface area contributed by atoms with Gasteiger partial charge in [-0.05, 0) is 13.3 Å². The van der Waals surface area contributed by atoms with Gasteiger partial charge in [0.2, 0.25) is 0 Å². The highest BCUT2D eigenvalue weighted by molar-refractivity contribution is 4.63. The van der Waals surface area contributed by atoms with Gasteiger partial charge >= 0.3 is 0 Å². The highest BCUT2D eigenvalue weighted by Gasteiger charge is 2.26. The lowest BCUT2D eigenvalue weighted by Gasteiger charge is -2.30. The number of hydrogen-bond acceptors (Lipinski definition) is 7. The van der Waals surface area contributed by atoms with Crippen molar-refractivity contribution in [2.75, 3.05) is 79.3 Å². The zero-order chi connectivity index (χ0) is 17.3. The summed E-state index contributed by atoms with van der Waals surface area (Å²) in [6, 6.07) is 0. The average Bonchev–Trinajstić information content (AvgIpc) is 2.58. The minimum Gasteiger partial charge on any atom is -0.379 e. The normalized spacial score (nSPS) is 25.8. The first-order valence-corrected chi connectivity index (χ1v) is 8.93. The summed E-state index contributed by atoms with van der Waals surface area (Å²) in [5.74, 6) is -0.811. The number of hydrogen-bond donors (Lipinski definition) is 0. The van der Waals surface area contributed by atoms with Crippen molar-refractivity contribution < 1.29 is 33.2 Å². The van der Waals surface area contributed by atoms with E-state index in [0.717, 1.165) is 19.4 Å². The summed E-state index contributed by atoms with van der Waals surface area (Å²) in [6.45, 7) is 10.3. The largest absolute Gasteiger partial charge is 0.379 e. The van der Waals surface area contributed by atoms with E-state index >= 15 is 0 Å². The zero-order valence-corrected chi connectivity index (χ0v) is 15.3. The molecule has 0 aromatic carbocycles. The SMILES string of the molecule is CCCCOCCOC1(C)COCCOCCOCCOCCO1. The molecule has 1 saturated heterocycles. The molecular formula is C17H34O7. The minimum atomic E-state index is -0.811. The first kappa shape index (κ1) is 21.8. The smallest absolute Gasteiger partial charge is 0.189 e. The van der Waals surface area contributed by atoms with Crippen LogP contribution in [0.15, 0.2) is 0 Å². The minimum absolute atomic E-state index is 0.335. The van der Waals surface area contributed by atoms with Gasteiger partial charge in [0.25, 0.3) is 0 Å². The molecule has 1 aliphatic heterocycles. The van der Waals surface area contributed by atoms with E-state index in [9.17, 15) is 0 Å². The van der Waals surface area contributed by atoms with E-state index in [2.05, 4.69) is 6.92 Å². The Labute approximate surface area is 145 Å². The van der Waals surface area contributed by atoms with Crippen LogP contribution in [0.2, 0.25) is 0 Å². The highest BCUT2D eigenvalue weighted by atomic mass is 16.7. The third-order valence-electron chi connectivity index (χ3n) is 3.39. The Morgan fingerprint density at radius 3 is 1.96 bits per heavy atom. The predicted molar refractivity (Wildman–Crippen MR) is 89.3 cm³/mol. The van der Waals surface area contributed by atoms with Crippen molar-refractivity contribution in [1.82, 2.24) is 0 Å². The molecule has 0 aromatic heterocycles. The van der Waals surface area contributed by atoms with E-state index in [-0.39, 0.29) is 0 Å². The summed E-state index contributed by atoms with van der Waals surface area (Å²) < 4.78 is 39.1. The summed E-state index contributed by atoms with van der Waals surface area (Å²) in [5, 5.41) is 0. The van der Waals surface area contributed by atoms with Crippen LogP contribution in [-0.4, -0.2) is 85.1 Å². The summed E-state index contributed by atoms with van der Waals surface area (Å²) in [4.78, 5) is 0. The summed E-state index contributed by atoms with van der Waals surface area (Å²) in [7, 11) is 0. The Hall–Kier alpha value is -0.280. The molecule has 144 valence electrons. The van der Waals surface area contributed by atoms with E-state index in [1.807, 2.05) is 6.92 Å². The van der Waals surface area contributed by atoms with Gasteiger partial charge in [-0.3, -0.25) is 0 Å². The van der Waals surface area contributed by atoms with Crippen LogP contribution in [0.5, 0.6) is 0 Å². The monoisotopic (exact) mass is 350 g/mol. The van der Waals surface area contributed by atoms with Crippen LogP contribution in [0.3, 0.4) is 0 Å². The molecule has 1 aliphatic rings. The van der Waals surface area contributed by atoms with Crippen LogP contribution in [0.25, 0.3) is 0 Å². The van der Waals surface area contributed by atoms with Crippen LogP contribution in [-0.2, 0) is 33.2 Å². The highest BCUT2D eigenvalue weighted by Crippen LogP contribution is 2.13. The molecule has 0 radical (unpaired) electrons. The molecule has 24 heavy (non-hydrogen) atoms. The van der Waals surface area contributed by atoms with Crippen LogP contribution in [0.4, 0.5) is 0 Å². The predicted octanol–water partition coefficient (Wildman–Crippen LogP) is 1.63. The van der Waals surface area contributed by atoms with Crippen molar-refractivity contribution in [1.29, 1.82) is 0 Å². The second-order valence-electron chi connectivity index (χ2n) is 5.69. The van der Waals surface area contributed by atoms with E-state index in [1.165, 1.54) is 0 Å². The Kier molecular flexibility index (Phi) is 13.6. The molecule has 1 heterocycles. The van der Waals surface area contributed by atoms with Crippen LogP contribution >= 0.6 is 0 Å². The molecule has 1 rings (SSSR count). The molecule has 0 saturated carbocycles. The maximum atomic E-state index is 5.84. The van der Waals surface area contributed by atoms with Gasteiger partial charge in [-0.25, -0.2) is 0 Å². The van der Waals surface area contributed by atoms with Gasteiger partial charge in [0, 0.05) is 6.61 Å². The lowest BCUT2D eigenvalue weighted by Crippen LogP contribution is -2.40. The fourth-order valence-electron chi connectivity index (χ4n) is 2.02. The first-order chi connectivity index (χ1) is 11.8. The average molecular weight is 350 g/mol. The van der Waals surface area contributed by atoms with Gasteiger partial charge in [-0.2, -0.15) is 0 Å². The Bertz CT molecular complexity index is 260. The van der Waals surface area contributed by atoms with E-state index in [0.29, 0.717) is 72.7 Å². The summed E-state index contributed by atoms with van der Waals surface area (Å²) in [6.07, 6.45) is 2.20. The molecule has 1 unspecified atom stereocenters. The zero-order valence-electron chi connectivity index (χ0n) is 15.3. The van der Waals surface area contributed by atoms with Crippen molar-refractivity contribution in [2.45, 2.75) is 32.5 Å². The molecule has 1 fully saturated rings. The molecule has 0 aliphatic carbocycles. The molecule has 0 N–H and O–H groups in total. The second kappa shape index (κ2) is 15.0. The molecule has 0 aromatic rings. The van der Waals surface area contributed by atoms with Crippen LogP contribution in [0, 0.1) is 0 Å². The molecule has 1 atom stereocenters. The topological polar surface area (TPSA) is 64.6 Å². The molecule has 7 nitrogen and oxygen atoms in total. The van der Waals surface area contributed by atoms with Gasteiger partial charge < -0.3 is 33.2 Å². The fraction of sp³-hybridized carbons (Fsp3) is 1.00. The van der Waals surface area contributed by atoms with Crippen molar-refractivity contribution in [3.8, 4) is 0 Å². The van der Waals surface area contributed by atoms with Crippen molar-refractivity contribution in [2.24, 2.45) is 0 Å². The molecule has 7 heteroatoms. The van der Waals surface area contributed by atoms with Gasteiger partial charge in [0.05, 0.1) is 66.1 Å². The molecule has 0 spiro atoms. The molecular weight excluding hydrogens is 316 g/mol. The first-order valence-electron chi connectivity index (χ1n) is 8.93. The van der Waals surface area contributed by atoms with Crippen LogP contribution < -0.4 is 0 Å². The fourth-order valence-corrected chi connectivity index (χ4v) is 2.02. The van der Waals surface area contributed by atoms with Gasteiger partial charge in [-0.1, -0.05) is 13.3 Å². The van der Waals surface area contributed by atoms with Gasteiger partial charge in [0.1, 0.15) is 6.61 Å². The second-order valence-corrected chi connectivity index (χ2v) is 5.69. The van der Waals surface area contributed by atoms with Crippen molar-refractivity contribution in [3.05, 3.63) is 0 Å². The Morgan fingerprint density at radius 1 is 0.750 bits per heavy atom. The van der Waals surface area contributed by atoms with E-state index in [4.69, 9.17) is 33.2 Å². The summed E-state index contributed by atoms with van der Waals surface area (Å²) in [5.41, 5.74) is 0. The lowest BCUT2D eigenvalue weighted by molar-refractivity contribution is -0.258.